The number of benzene rings is 1. The predicted molar refractivity (Wildman–Crippen MR) is 82.7 cm³/mol. The molecule has 0 unspecified atom stereocenters. The lowest BCUT2D eigenvalue weighted by atomic mass is 10.0. The molecule has 0 bridgehead atoms. The zero-order valence-corrected chi connectivity index (χ0v) is 13.1. The van der Waals surface area contributed by atoms with Crippen LogP contribution in [0.4, 0.5) is 0 Å². The van der Waals surface area contributed by atoms with Crippen molar-refractivity contribution >= 4 is 17.3 Å². The molecule has 0 aliphatic rings. The summed E-state index contributed by atoms with van der Waals surface area (Å²) in [5.41, 5.74) is 5.30. The lowest BCUT2D eigenvalue weighted by molar-refractivity contribution is 0.0700. The van der Waals surface area contributed by atoms with Crippen molar-refractivity contribution in [2.45, 2.75) is 40.5 Å². The van der Waals surface area contributed by atoms with Gasteiger partial charge in [0.1, 0.15) is 9.88 Å². The van der Waals surface area contributed by atoms with Crippen molar-refractivity contribution in [3.05, 3.63) is 39.4 Å². The van der Waals surface area contributed by atoms with Crippen LogP contribution in [0.15, 0.2) is 12.1 Å². The molecule has 0 saturated heterocycles. The van der Waals surface area contributed by atoms with E-state index in [-0.39, 0.29) is 0 Å². The van der Waals surface area contributed by atoms with Gasteiger partial charge in [-0.2, -0.15) is 0 Å². The Kier molecular flexibility index (Phi) is 4.23. The summed E-state index contributed by atoms with van der Waals surface area (Å²) >= 11 is 1.28. The normalized spacial score (nSPS) is 10.8. The number of rotatable bonds is 4. The molecule has 3 nitrogen and oxygen atoms in total. The molecular formula is C16H19NO2S. The molecule has 1 N–H and O–H groups in total. The van der Waals surface area contributed by atoms with E-state index in [1.807, 2.05) is 6.92 Å². The Morgan fingerprint density at radius 2 is 1.85 bits per heavy atom. The molecular weight excluding hydrogens is 270 g/mol. The molecule has 0 radical (unpaired) electrons. The number of hydrogen-bond acceptors (Lipinski definition) is 3. The van der Waals surface area contributed by atoms with Gasteiger partial charge < -0.3 is 5.11 Å². The molecule has 0 amide bonds. The zero-order valence-electron chi connectivity index (χ0n) is 12.3. The quantitative estimate of drug-likeness (QED) is 0.908. The van der Waals surface area contributed by atoms with E-state index in [2.05, 4.69) is 37.9 Å². The van der Waals surface area contributed by atoms with Crippen LogP contribution in [0.3, 0.4) is 0 Å². The average molecular weight is 289 g/mol. The number of aromatic nitrogens is 1. The van der Waals surface area contributed by atoms with Crippen molar-refractivity contribution in [2.75, 3.05) is 0 Å². The topological polar surface area (TPSA) is 50.2 Å². The van der Waals surface area contributed by atoms with Crippen molar-refractivity contribution in [3.8, 4) is 10.6 Å². The van der Waals surface area contributed by atoms with Crippen LogP contribution in [0.5, 0.6) is 0 Å². The molecule has 1 heterocycles. The minimum Gasteiger partial charge on any atom is -0.477 e. The van der Waals surface area contributed by atoms with Gasteiger partial charge in [-0.05, 0) is 38.3 Å². The molecule has 1 aromatic heterocycles. The van der Waals surface area contributed by atoms with Crippen molar-refractivity contribution in [3.63, 3.8) is 0 Å². The number of carboxylic acids is 1. The standard InChI is InChI=1S/C16H19NO2S/c1-5-6-12-14(16(18)19)20-15(17-12)13-10(3)7-9(2)8-11(13)4/h7-8H,5-6H2,1-4H3,(H,18,19). The highest BCUT2D eigenvalue weighted by Gasteiger charge is 2.19. The van der Waals surface area contributed by atoms with Crippen LogP contribution in [0, 0.1) is 20.8 Å². The first-order chi connectivity index (χ1) is 9.43. The average Bonchev–Trinajstić information content (AvgIpc) is 2.72. The van der Waals surface area contributed by atoms with Crippen molar-refractivity contribution in [1.82, 2.24) is 4.98 Å². The van der Waals surface area contributed by atoms with Crippen LogP contribution >= 0.6 is 11.3 Å². The molecule has 20 heavy (non-hydrogen) atoms. The summed E-state index contributed by atoms with van der Waals surface area (Å²) < 4.78 is 0. The van der Waals surface area contributed by atoms with Crippen LogP contribution in [-0.2, 0) is 6.42 Å². The second-order valence-electron chi connectivity index (χ2n) is 5.12. The smallest absolute Gasteiger partial charge is 0.347 e. The Hall–Kier alpha value is -1.68. The lowest BCUT2D eigenvalue weighted by Gasteiger charge is -2.08. The van der Waals surface area contributed by atoms with Crippen LogP contribution in [-0.4, -0.2) is 16.1 Å². The van der Waals surface area contributed by atoms with Crippen LogP contribution in [0.2, 0.25) is 0 Å². The number of aromatic carboxylic acids is 1. The molecule has 2 rings (SSSR count). The monoisotopic (exact) mass is 289 g/mol. The van der Waals surface area contributed by atoms with E-state index < -0.39 is 5.97 Å². The summed E-state index contributed by atoms with van der Waals surface area (Å²) in [7, 11) is 0. The van der Waals surface area contributed by atoms with Gasteiger partial charge in [-0.1, -0.05) is 31.0 Å². The first-order valence-electron chi connectivity index (χ1n) is 6.75. The van der Waals surface area contributed by atoms with Crippen LogP contribution in [0.25, 0.3) is 10.6 Å². The summed E-state index contributed by atoms with van der Waals surface area (Å²) in [6.07, 6.45) is 1.61. The van der Waals surface area contributed by atoms with Crippen molar-refractivity contribution in [2.24, 2.45) is 0 Å². The molecule has 1 aromatic carbocycles. The van der Waals surface area contributed by atoms with Crippen molar-refractivity contribution < 1.29 is 9.90 Å². The van der Waals surface area contributed by atoms with Gasteiger partial charge in [-0.15, -0.1) is 11.3 Å². The maximum Gasteiger partial charge on any atom is 0.347 e. The number of aryl methyl sites for hydroxylation is 4. The molecule has 0 atom stereocenters. The Bertz CT molecular complexity index is 635. The number of carbonyl (C=O) groups is 1. The van der Waals surface area contributed by atoms with E-state index in [9.17, 15) is 9.90 Å². The first-order valence-corrected chi connectivity index (χ1v) is 7.57. The van der Waals surface area contributed by atoms with E-state index in [0.29, 0.717) is 17.0 Å². The van der Waals surface area contributed by atoms with Gasteiger partial charge in [-0.25, -0.2) is 9.78 Å². The largest absolute Gasteiger partial charge is 0.477 e. The van der Waals surface area contributed by atoms with E-state index in [4.69, 9.17) is 0 Å². The highest BCUT2D eigenvalue weighted by molar-refractivity contribution is 7.17. The fourth-order valence-electron chi connectivity index (χ4n) is 2.55. The predicted octanol–water partition coefficient (Wildman–Crippen LogP) is 4.39. The third-order valence-electron chi connectivity index (χ3n) is 3.27. The molecule has 0 aliphatic heterocycles. The minimum atomic E-state index is -0.875. The highest BCUT2D eigenvalue weighted by Crippen LogP contribution is 2.34. The van der Waals surface area contributed by atoms with E-state index in [1.54, 1.807) is 0 Å². The molecule has 106 valence electrons. The van der Waals surface area contributed by atoms with Gasteiger partial charge >= 0.3 is 5.97 Å². The summed E-state index contributed by atoms with van der Waals surface area (Å²) in [5, 5.41) is 10.1. The van der Waals surface area contributed by atoms with Crippen LogP contribution in [0.1, 0.15) is 45.4 Å². The SMILES string of the molecule is CCCc1nc(-c2c(C)cc(C)cc2C)sc1C(=O)O. The number of carboxylic acid groups (broad SMARTS) is 1. The van der Waals surface area contributed by atoms with Gasteiger partial charge in [0.05, 0.1) is 5.69 Å². The Morgan fingerprint density at radius 3 is 2.35 bits per heavy atom. The van der Waals surface area contributed by atoms with Crippen LogP contribution < -0.4 is 0 Å². The third-order valence-corrected chi connectivity index (χ3v) is 4.37. The van der Waals surface area contributed by atoms with E-state index in [1.165, 1.54) is 16.9 Å². The van der Waals surface area contributed by atoms with E-state index >= 15 is 0 Å². The number of nitrogens with zero attached hydrogens (tertiary/aromatic N) is 1. The molecule has 4 heteroatoms. The summed E-state index contributed by atoms with van der Waals surface area (Å²) in [4.78, 5) is 16.3. The maximum absolute atomic E-state index is 11.3. The fraction of sp³-hybridized carbons (Fsp3) is 0.375. The summed E-state index contributed by atoms with van der Waals surface area (Å²) in [6, 6.07) is 4.23. The first kappa shape index (κ1) is 14.7. The summed E-state index contributed by atoms with van der Waals surface area (Å²) in [6.45, 7) is 8.21. The molecule has 2 aromatic rings. The Balaban J connectivity index is 2.59. The maximum atomic E-state index is 11.3. The van der Waals surface area contributed by atoms with Crippen molar-refractivity contribution in [1.29, 1.82) is 0 Å². The Labute approximate surface area is 123 Å². The van der Waals surface area contributed by atoms with Gasteiger partial charge in [0.2, 0.25) is 0 Å². The fourth-order valence-corrected chi connectivity index (χ4v) is 3.68. The minimum absolute atomic E-state index is 0.376. The van der Waals surface area contributed by atoms with Gasteiger partial charge in [-0.3, -0.25) is 0 Å². The summed E-state index contributed by atoms with van der Waals surface area (Å²) in [5.74, 6) is -0.875. The van der Waals surface area contributed by atoms with Gasteiger partial charge in [0.25, 0.3) is 0 Å². The Morgan fingerprint density at radius 1 is 1.25 bits per heavy atom. The second-order valence-corrected chi connectivity index (χ2v) is 6.12. The van der Waals surface area contributed by atoms with Gasteiger partial charge in [0, 0.05) is 5.56 Å². The molecule has 0 aliphatic carbocycles. The zero-order chi connectivity index (χ0) is 14.9. The molecule has 0 saturated carbocycles. The number of hydrogen-bond donors (Lipinski definition) is 1. The number of thiazole rings is 1. The van der Waals surface area contributed by atoms with Gasteiger partial charge in [0.15, 0.2) is 0 Å². The third kappa shape index (κ3) is 2.75. The van der Waals surface area contributed by atoms with E-state index in [0.717, 1.165) is 28.1 Å². The lowest BCUT2D eigenvalue weighted by Crippen LogP contribution is -1.98. The molecule has 0 spiro atoms. The molecule has 0 fully saturated rings. The second kappa shape index (κ2) is 5.75. The highest BCUT2D eigenvalue weighted by atomic mass is 32.1.